The van der Waals surface area contributed by atoms with Crippen molar-refractivity contribution in [3.8, 4) is 0 Å². The molecular formula is C19H36N4O6S. The summed E-state index contributed by atoms with van der Waals surface area (Å²) in [6.45, 7) is 6.39. The molecular weight excluding hydrogens is 412 g/mol. The van der Waals surface area contributed by atoms with E-state index >= 15 is 0 Å². The molecule has 30 heavy (non-hydrogen) atoms. The zero-order chi connectivity index (χ0) is 23.4. The summed E-state index contributed by atoms with van der Waals surface area (Å²) < 4.78 is 0. The molecule has 174 valence electrons. The van der Waals surface area contributed by atoms with Gasteiger partial charge in [0.25, 0.3) is 0 Å². The van der Waals surface area contributed by atoms with Gasteiger partial charge in [-0.1, -0.05) is 27.7 Å². The van der Waals surface area contributed by atoms with Crippen molar-refractivity contribution in [2.45, 2.75) is 64.7 Å². The molecule has 0 aromatic carbocycles. The third-order valence-corrected chi connectivity index (χ3v) is 5.00. The number of amides is 3. The normalized spacial score (nSPS) is 15.2. The van der Waals surface area contributed by atoms with Gasteiger partial charge in [-0.25, -0.2) is 4.79 Å². The molecule has 11 heteroatoms. The van der Waals surface area contributed by atoms with E-state index in [0.29, 0.717) is 18.6 Å². The van der Waals surface area contributed by atoms with Crippen LogP contribution in [0.15, 0.2) is 0 Å². The van der Waals surface area contributed by atoms with Crippen LogP contribution >= 0.6 is 11.8 Å². The molecule has 7 N–H and O–H groups in total. The minimum Gasteiger partial charge on any atom is -0.480 e. The highest BCUT2D eigenvalue weighted by atomic mass is 32.2. The van der Waals surface area contributed by atoms with Gasteiger partial charge in [-0.15, -0.1) is 0 Å². The largest absolute Gasteiger partial charge is 0.480 e. The Balaban J connectivity index is 5.28. The molecule has 4 atom stereocenters. The maximum Gasteiger partial charge on any atom is 0.328 e. The fraction of sp³-hybridized carbons (Fsp3) is 0.789. The Morgan fingerprint density at radius 3 is 1.93 bits per heavy atom. The van der Waals surface area contributed by atoms with Gasteiger partial charge < -0.3 is 31.9 Å². The van der Waals surface area contributed by atoms with E-state index in [1.165, 1.54) is 0 Å². The Bertz CT molecular complexity index is 587. The number of aliphatic hydroxyl groups excluding tert-OH is 1. The van der Waals surface area contributed by atoms with Crippen molar-refractivity contribution in [1.82, 2.24) is 16.0 Å². The van der Waals surface area contributed by atoms with E-state index in [1.54, 1.807) is 25.6 Å². The number of carbonyl (C=O) groups excluding carboxylic acids is 3. The van der Waals surface area contributed by atoms with Gasteiger partial charge in [-0.2, -0.15) is 11.8 Å². The van der Waals surface area contributed by atoms with E-state index in [1.807, 2.05) is 20.1 Å². The van der Waals surface area contributed by atoms with Crippen molar-refractivity contribution >= 4 is 35.5 Å². The molecule has 0 aliphatic rings. The average molecular weight is 449 g/mol. The SMILES string of the molecule is CSCCC(N)C(=O)NC(CC(C)C)C(=O)NC(C(=O)NC(CO)C(=O)O)C(C)C. The molecule has 0 fully saturated rings. The van der Waals surface area contributed by atoms with Crippen LogP contribution in [0.3, 0.4) is 0 Å². The third kappa shape index (κ3) is 10.3. The fourth-order valence-electron chi connectivity index (χ4n) is 2.59. The van der Waals surface area contributed by atoms with Crippen LogP contribution in [0.4, 0.5) is 0 Å². The lowest BCUT2D eigenvalue weighted by molar-refractivity contribution is -0.143. The van der Waals surface area contributed by atoms with Gasteiger partial charge in [0.1, 0.15) is 18.1 Å². The van der Waals surface area contributed by atoms with Crippen molar-refractivity contribution in [3.63, 3.8) is 0 Å². The summed E-state index contributed by atoms with van der Waals surface area (Å²) >= 11 is 1.56. The van der Waals surface area contributed by atoms with Gasteiger partial charge in [-0.05, 0) is 36.7 Å². The monoisotopic (exact) mass is 448 g/mol. The molecule has 0 saturated heterocycles. The van der Waals surface area contributed by atoms with Gasteiger partial charge in [0.05, 0.1) is 12.6 Å². The minimum atomic E-state index is -1.48. The minimum absolute atomic E-state index is 0.0839. The van der Waals surface area contributed by atoms with Gasteiger partial charge in [-0.3, -0.25) is 14.4 Å². The summed E-state index contributed by atoms with van der Waals surface area (Å²) in [5.41, 5.74) is 5.88. The topological polar surface area (TPSA) is 171 Å². The Labute approximate surface area is 182 Å². The van der Waals surface area contributed by atoms with E-state index < -0.39 is 54.5 Å². The Morgan fingerprint density at radius 2 is 1.50 bits per heavy atom. The lowest BCUT2D eigenvalue weighted by Gasteiger charge is -2.27. The highest BCUT2D eigenvalue weighted by molar-refractivity contribution is 7.98. The summed E-state index contributed by atoms with van der Waals surface area (Å²) in [6, 6.07) is -4.15. The maximum atomic E-state index is 12.8. The lowest BCUT2D eigenvalue weighted by atomic mass is 9.99. The Hall–Kier alpha value is -1.85. The van der Waals surface area contributed by atoms with E-state index in [0.717, 1.165) is 0 Å². The summed E-state index contributed by atoms with van der Waals surface area (Å²) in [4.78, 5) is 48.7. The zero-order valence-corrected chi connectivity index (χ0v) is 19.1. The van der Waals surface area contributed by atoms with Gasteiger partial charge in [0.15, 0.2) is 0 Å². The van der Waals surface area contributed by atoms with E-state index in [2.05, 4.69) is 16.0 Å². The first-order valence-electron chi connectivity index (χ1n) is 9.93. The Morgan fingerprint density at radius 1 is 0.933 bits per heavy atom. The second kappa shape index (κ2) is 14.2. The van der Waals surface area contributed by atoms with Crippen LogP contribution in [0.25, 0.3) is 0 Å². The molecule has 0 heterocycles. The van der Waals surface area contributed by atoms with E-state index in [4.69, 9.17) is 15.9 Å². The smallest absolute Gasteiger partial charge is 0.328 e. The molecule has 0 aliphatic heterocycles. The van der Waals surface area contributed by atoms with Crippen molar-refractivity contribution < 1.29 is 29.4 Å². The van der Waals surface area contributed by atoms with Crippen LogP contribution in [0, 0.1) is 11.8 Å². The van der Waals surface area contributed by atoms with Crippen LogP contribution < -0.4 is 21.7 Å². The van der Waals surface area contributed by atoms with Crippen LogP contribution in [0.5, 0.6) is 0 Å². The molecule has 10 nitrogen and oxygen atoms in total. The first-order valence-corrected chi connectivity index (χ1v) is 11.3. The molecule has 0 spiro atoms. The first kappa shape index (κ1) is 28.1. The number of carboxylic acid groups (broad SMARTS) is 1. The summed E-state index contributed by atoms with van der Waals surface area (Å²) in [5, 5.41) is 25.6. The Kier molecular flexibility index (Phi) is 13.3. The molecule has 0 aromatic rings. The molecule has 0 aliphatic carbocycles. The highest BCUT2D eigenvalue weighted by Crippen LogP contribution is 2.09. The molecule has 4 unspecified atom stereocenters. The second-order valence-electron chi connectivity index (χ2n) is 7.89. The number of hydrogen-bond acceptors (Lipinski definition) is 7. The molecule has 0 bridgehead atoms. The standard InChI is InChI=1S/C19H36N4O6S/c1-10(2)8-13(21-16(25)12(20)6-7-30-5)17(26)23-15(11(3)4)18(27)22-14(9-24)19(28)29/h10-15,24H,6-9,20H2,1-5H3,(H,21,25)(H,22,27)(H,23,26)(H,28,29). The fourth-order valence-corrected chi connectivity index (χ4v) is 3.08. The van der Waals surface area contributed by atoms with Crippen LogP contribution in [-0.2, 0) is 19.2 Å². The van der Waals surface area contributed by atoms with Crippen LogP contribution in [0.1, 0.15) is 40.5 Å². The lowest BCUT2D eigenvalue weighted by Crippen LogP contribution is -2.59. The molecule has 0 aromatic heterocycles. The van der Waals surface area contributed by atoms with Crippen molar-refractivity contribution in [2.75, 3.05) is 18.6 Å². The molecule has 0 rings (SSSR count). The van der Waals surface area contributed by atoms with Gasteiger partial charge in [0.2, 0.25) is 17.7 Å². The second-order valence-corrected chi connectivity index (χ2v) is 8.88. The van der Waals surface area contributed by atoms with Gasteiger partial charge in [0, 0.05) is 0 Å². The zero-order valence-electron chi connectivity index (χ0n) is 18.3. The first-order chi connectivity index (χ1) is 13.9. The predicted molar refractivity (Wildman–Crippen MR) is 116 cm³/mol. The van der Waals surface area contributed by atoms with Gasteiger partial charge >= 0.3 is 5.97 Å². The number of aliphatic carboxylic acids is 1. The summed E-state index contributed by atoms with van der Waals surface area (Å²) in [7, 11) is 0. The molecule has 3 amide bonds. The number of nitrogens with two attached hydrogens (primary N) is 1. The van der Waals surface area contributed by atoms with Crippen molar-refractivity contribution in [2.24, 2.45) is 17.6 Å². The number of rotatable bonds is 14. The third-order valence-electron chi connectivity index (χ3n) is 4.35. The summed E-state index contributed by atoms with van der Waals surface area (Å²) in [6.07, 6.45) is 2.72. The van der Waals surface area contributed by atoms with Crippen molar-refractivity contribution in [3.05, 3.63) is 0 Å². The van der Waals surface area contributed by atoms with E-state index in [9.17, 15) is 19.2 Å². The van der Waals surface area contributed by atoms with Crippen molar-refractivity contribution in [1.29, 1.82) is 0 Å². The van der Waals surface area contributed by atoms with Crippen LogP contribution in [0.2, 0.25) is 0 Å². The number of carboxylic acids is 1. The highest BCUT2D eigenvalue weighted by Gasteiger charge is 2.31. The van der Waals surface area contributed by atoms with E-state index in [-0.39, 0.29) is 11.8 Å². The molecule has 0 saturated carbocycles. The summed E-state index contributed by atoms with van der Waals surface area (Å²) in [5.74, 6) is -2.68. The number of hydrogen-bond donors (Lipinski definition) is 6. The molecule has 0 radical (unpaired) electrons. The number of carbonyl (C=O) groups is 4. The van der Waals surface area contributed by atoms with Crippen LogP contribution in [-0.4, -0.2) is 76.7 Å². The maximum absolute atomic E-state index is 12.8. The average Bonchev–Trinajstić information content (AvgIpc) is 2.66. The quantitative estimate of drug-likeness (QED) is 0.202. The number of nitrogens with one attached hydrogen (secondary N) is 3. The predicted octanol–water partition coefficient (Wildman–Crippen LogP) is -0.700. The number of aliphatic hydroxyl groups is 1. The number of thioether (sulfide) groups is 1.